The Morgan fingerprint density at radius 1 is 1.37 bits per heavy atom. The predicted molar refractivity (Wildman–Crippen MR) is 74.5 cm³/mol. The molecule has 0 spiro atoms. The molecule has 0 radical (unpaired) electrons. The molecule has 1 amide bonds. The van der Waals surface area contributed by atoms with Gasteiger partial charge in [-0.15, -0.1) is 0 Å². The van der Waals surface area contributed by atoms with Crippen LogP contribution >= 0.6 is 0 Å². The highest BCUT2D eigenvalue weighted by atomic mass is 16.5. The maximum Gasteiger partial charge on any atom is 0.293 e. The third-order valence-corrected chi connectivity index (χ3v) is 4.09. The zero-order chi connectivity index (χ0) is 14.3. The van der Waals surface area contributed by atoms with Crippen LogP contribution < -0.4 is 5.32 Å². The van der Waals surface area contributed by atoms with Gasteiger partial charge in [0.25, 0.3) is 6.47 Å². The van der Waals surface area contributed by atoms with E-state index < -0.39 is 0 Å². The standard InChI is InChI=1S/C11H20O2.C4H7NO/c1-8(2)10-5-4-9(3)6-11(10)13-7-12;6-4-2-1-3-5-4/h7-11H,4-6H2,1-3H3;1-3H2,(H,5,6). The van der Waals surface area contributed by atoms with Gasteiger partial charge < -0.3 is 10.1 Å². The second-order valence-corrected chi connectivity index (χ2v) is 6.05. The average Bonchev–Trinajstić information content (AvgIpc) is 2.81. The molecule has 1 saturated carbocycles. The fraction of sp³-hybridized carbons (Fsp3) is 0.867. The lowest BCUT2D eigenvalue weighted by molar-refractivity contribution is -0.140. The van der Waals surface area contributed by atoms with Crippen molar-refractivity contribution in [3.8, 4) is 0 Å². The molecule has 1 saturated heterocycles. The van der Waals surface area contributed by atoms with E-state index in [-0.39, 0.29) is 12.0 Å². The maximum absolute atomic E-state index is 10.3. The van der Waals surface area contributed by atoms with Crippen LogP contribution in [0, 0.1) is 17.8 Å². The number of carbonyl (C=O) groups excluding carboxylic acids is 2. The average molecular weight is 269 g/mol. The van der Waals surface area contributed by atoms with Gasteiger partial charge in [-0.3, -0.25) is 9.59 Å². The number of hydrogen-bond donors (Lipinski definition) is 1. The van der Waals surface area contributed by atoms with E-state index in [1.54, 1.807) is 0 Å². The smallest absolute Gasteiger partial charge is 0.293 e. The van der Waals surface area contributed by atoms with Crippen LogP contribution in [0.1, 0.15) is 52.9 Å². The Morgan fingerprint density at radius 3 is 2.53 bits per heavy atom. The van der Waals surface area contributed by atoms with Crippen molar-refractivity contribution in [3.05, 3.63) is 0 Å². The SMILES string of the molecule is CC1CCC(C(C)C)C(OC=O)C1.O=C1CCCN1. The molecular formula is C15H27NO3. The van der Waals surface area contributed by atoms with E-state index >= 15 is 0 Å². The summed E-state index contributed by atoms with van der Waals surface area (Å²) in [7, 11) is 0. The lowest BCUT2D eigenvalue weighted by atomic mass is 9.75. The topological polar surface area (TPSA) is 55.4 Å². The fourth-order valence-electron chi connectivity index (χ4n) is 2.91. The number of ether oxygens (including phenoxy) is 1. The second-order valence-electron chi connectivity index (χ2n) is 6.05. The molecule has 0 bridgehead atoms. The summed E-state index contributed by atoms with van der Waals surface area (Å²) in [6, 6.07) is 0. The second kappa shape index (κ2) is 8.18. The van der Waals surface area contributed by atoms with Crippen LogP contribution in [0.25, 0.3) is 0 Å². The summed E-state index contributed by atoms with van der Waals surface area (Å²) >= 11 is 0. The molecule has 0 aromatic heterocycles. The van der Waals surface area contributed by atoms with Gasteiger partial charge in [-0.05, 0) is 37.0 Å². The van der Waals surface area contributed by atoms with Gasteiger partial charge in [0.05, 0.1) is 0 Å². The van der Waals surface area contributed by atoms with Gasteiger partial charge in [-0.2, -0.15) is 0 Å². The maximum atomic E-state index is 10.3. The van der Waals surface area contributed by atoms with Crippen molar-refractivity contribution in [1.82, 2.24) is 5.32 Å². The van der Waals surface area contributed by atoms with Crippen molar-refractivity contribution in [2.75, 3.05) is 6.54 Å². The summed E-state index contributed by atoms with van der Waals surface area (Å²) in [4.78, 5) is 20.5. The van der Waals surface area contributed by atoms with E-state index in [2.05, 4.69) is 26.1 Å². The van der Waals surface area contributed by atoms with Crippen molar-refractivity contribution in [3.63, 3.8) is 0 Å². The molecule has 110 valence electrons. The van der Waals surface area contributed by atoms with E-state index in [1.807, 2.05) is 0 Å². The van der Waals surface area contributed by atoms with Gasteiger partial charge in [0.15, 0.2) is 0 Å². The van der Waals surface area contributed by atoms with E-state index in [1.165, 1.54) is 12.8 Å². The Kier molecular flexibility index (Phi) is 6.89. The van der Waals surface area contributed by atoms with Crippen molar-refractivity contribution in [2.24, 2.45) is 17.8 Å². The summed E-state index contributed by atoms with van der Waals surface area (Å²) in [5.74, 6) is 2.11. The lowest BCUT2D eigenvalue weighted by Gasteiger charge is -2.35. The van der Waals surface area contributed by atoms with Crippen LogP contribution in [0.4, 0.5) is 0 Å². The third-order valence-electron chi connectivity index (χ3n) is 4.09. The molecule has 3 atom stereocenters. The van der Waals surface area contributed by atoms with Crippen molar-refractivity contribution >= 4 is 12.4 Å². The largest absolute Gasteiger partial charge is 0.464 e. The normalized spacial score (nSPS) is 30.3. The predicted octanol–water partition coefficient (Wildman–Crippen LogP) is 2.52. The molecule has 0 aromatic carbocycles. The van der Waals surface area contributed by atoms with E-state index in [4.69, 9.17) is 4.74 Å². The summed E-state index contributed by atoms with van der Waals surface area (Å²) in [5, 5.41) is 2.68. The lowest BCUT2D eigenvalue weighted by Crippen LogP contribution is -2.33. The minimum Gasteiger partial charge on any atom is -0.464 e. The zero-order valence-corrected chi connectivity index (χ0v) is 12.4. The van der Waals surface area contributed by atoms with Crippen molar-refractivity contribution in [1.29, 1.82) is 0 Å². The van der Waals surface area contributed by atoms with Gasteiger partial charge in [0, 0.05) is 13.0 Å². The molecule has 1 heterocycles. The first kappa shape index (κ1) is 16.0. The molecule has 3 unspecified atom stereocenters. The highest BCUT2D eigenvalue weighted by Gasteiger charge is 2.31. The number of amides is 1. The monoisotopic (exact) mass is 269 g/mol. The van der Waals surface area contributed by atoms with E-state index in [0.717, 1.165) is 25.8 Å². The van der Waals surface area contributed by atoms with Crippen molar-refractivity contribution in [2.45, 2.75) is 59.0 Å². The van der Waals surface area contributed by atoms with Crippen LogP contribution in [0.3, 0.4) is 0 Å². The minimum absolute atomic E-state index is 0.168. The Labute approximate surface area is 116 Å². The summed E-state index contributed by atoms with van der Waals surface area (Å²) in [5.41, 5.74) is 0. The first-order valence-corrected chi connectivity index (χ1v) is 7.40. The van der Waals surface area contributed by atoms with Gasteiger partial charge in [-0.1, -0.05) is 27.2 Å². The number of nitrogens with one attached hydrogen (secondary N) is 1. The molecule has 4 nitrogen and oxygen atoms in total. The van der Waals surface area contributed by atoms with Gasteiger partial charge in [-0.25, -0.2) is 0 Å². The van der Waals surface area contributed by atoms with Crippen LogP contribution in [0.15, 0.2) is 0 Å². The number of hydrogen-bond acceptors (Lipinski definition) is 3. The Hall–Kier alpha value is -1.06. The Bertz CT molecular complexity index is 283. The minimum atomic E-state index is 0.168. The molecular weight excluding hydrogens is 242 g/mol. The van der Waals surface area contributed by atoms with E-state index in [9.17, 15) is 9.59 Å². The number of rotatable bonds is 3. The quantitative estimate of drug-likeness (QED) is 0.801. The molecule has 2 aliphatic rings. The molecule has 4 heteroatoms. The molecule has 1 N–H and O–H groups in total. The first-order chi connectivity index (χ1) is 9.04. The molecule has 1 aliphatic heterocycles. The molecule has 0 aromatic rings. The van der Waals surface area contributed by atoms with Crippen molar-refractivity contribution < 1.29 is 14.3 Å². The van der Waals surface area contributed by atoms with Crippen LogP contribution in [-0.2, 0) is 14.3 Å². The Morgan fingerprint density at radius 2 is 2.11 bits per heavy atom. The van der Waals surface area contributed by atoms with Gasteiger partial charge in [0.1, 0.15) is 6.10 Å². The zero-order valence-electron chi connectivity index (χ0n) is 12.4. The summed E-state index contributed by atoms with van der Waals surface area (Å²) in [6.45, 7) is 8.15. The van der Waals surface area contributed by atoms with Gasteiger partial charge >= 0.3 is 0 Å². The van der Waals surface area contributed by atoms with Crippen LogP contribution in [-0.4, -0.2) is 25.0 Å². The summed E-state index contributed by atoms with van der Waals surface area (Å²) in [6.07, 6.45) is 5.46. The first-order valence-electron chi connectivity index (χ1n) is 7.40. The van der Waals surface area contributed by atoms with E-state index in [0.29, 0.717) is 24.2 Å². The Balaban J connectivity index is 0.000000250. The third kappa shape index (κ3) is 5.62. The van der Waals surface area contributed by atoms with Gasteiger partial charge in [0.2, 0.25) is 5.91 Å². The molecule has 1 aliphatic carbocycles. The summed E-state index contributed by atoms with van der Waals surface area (Å²) < 4.78 is 5.15. The molecule has 19 heavy (non-hydrogen) atoms. The van der Waals surface area contributed by atoms with Crippen LogP contribution in [0.2, 0.25) is 0 Å². The molecule has 2 fully saturated rings. The highest BCUT2D eigenvalue weighted by Crippen LogP contribution is 2.34. The fourth-order valence-corrected chi connectivity index (χ4v) is 2.91. The number of carbonyl (C=O) groups is 2. The van der Waals surface area contributed by atoms with Crippen LogP contribution in [0.5, 0.6) is 0 Å². The molecule has 2 rings (SSSR count). The highest BCUT2D eigenvalue weighted by molar-refractivity contribution is 5.77.